The normalized spacial score (nSPS) is 10.7. The van der Waals surface area contributed by atoms with E-state index in [1.165, 1.54) is 13.0 Å². The predicted octanol–water partition coefficient (Wildman–Crippen LogP) is 4.39. The predicted molar refractivity (Wildman–Crippen MR) is 84.2 cm³/mol. The van der Waals surface area contributed by atoms with Crippen molar-refractivity contribution < 1.29 is 9.18 Å². The number of ketones is 1. The molecule has 0 radical (unpaired) electrons. The molecule has 0 spiro atoms. The molecular formula is C18H15FN2O. The number of hydrogen-bond acceptors (Lipinski definition) is 2. The van der Waals surface area contributed by atoms with Crippen molar-refractivity contribution in [3.8, 4) is 22.5 Å². The van der Waals surface area contributed by atoms with Crippen molar-refractivity contribution in [2.45, 2.75) is 13.8 Å². The lowest BCUT2D eigenvalue weighted by atomic mass is 10.00. The van der Waals surface area contributed by atoms with Crippen LogP contribution in [0.15, 0.2) is 48.8 Å². The summed E-state index contributed by atoms with van der Waals surface area (Å²) in [6, 6.07) is 10.2. The second kappa shape index (κ2) is 5.56. The SMILES string of the molecule is CC(=O)c1c(-c2ccccc2F)[nH]c(-c2ccncc2)c1C. The Kier molecular flexibility index (Phi) is 3.59. The lowest BCUT2D eigenvalue weighted by Crippen LogP contribution is -1.97. The number of halogens is 1. The van der Waals surface area contributed by atoms with E-state index in [1.54, 1.807) is 30.6 Å². The number of carbonyl (C=O) groups excluding carboxylic acids is 1. The Morgan fingerprint density at radius 1 is 1.09 bits per heavy atom. The summed E-state index contributed by atoms with van der Waals surface area (Å²) in [5, 5.41) is 0. The largest absolute Gasteiger partial charge is 0.354 e. The molecule has 0 saturated carbocycles. The fourth-order valence-corrected chi connectivity index (χ4v) is 2.71. The van der Waals surface area contributed by atoms with Gasteiger partial charge in [-0.05, 0) is 43.7 Å². The summed E-state index contributed by atoms with van der Waals surface area (Å²) in [6.45, 7) is 3.37. The smallest absolute Gasteiger partial charge is 0.162 e. The molecule has 22 heavy (non-hydrogen) atoms. The van der Waals surface area contributed by atoms with Crippen LogP contribution in [0.3, 0.4) is 0 Å². The Hall–Kier alpha value is -2.75. The van der Waals surface area contributed by atoms with E-state index in [-0.39, 0.29) is 11.6 Å². The number of hydrogen-bond donors (Lipinski definition) is 1. The molecule has 2 aromatic heterocycles. The summed E-state index contributed by atoms with van der Waals surface area (Å²) in [4.78, 5) is 19.3. The first-order valence-electron chi connectivity index (χ1n) is 6.98. The maximum Gasteiger partial charge on any atom is 0.162 e. The van der Waals surface area contributed by atoms with Gasteiger partial charge in [0.25, 0.3) is 0 Å². The van der Waals surface area contributed by atoms with Gasteiger partial charge in [-0.2, -0.15) is 0 Å². The molecule has 0 atom stereocenters. The molecule has 0 saturated heterocycles. The van der Waals surface area contributed by atoms with E-state index in [2.05, 4.69) is 9.97 Å². The van der Waals surface area contributed by atoms with Crippen LogP contribution in [0.25, 0.3) is 22.5 Å². The first kappa shape index (κ1) is 14.2. The summed E-state index contributed by atoms with van der Waals surface area (Å²) >= 11 is 0. The van der Waals surface area contributed by atoms with Gasteiger partial charge in [-0.25, -0.2) is 4.39 Å². The van der Waals surface area contributed by atoms with Crippen LogP contribution in [0.5, 0.6) is 0 Å². The highest BCUT2D eigenvalue weighted by molar-refractivity contribution is 6.03. The highest BCUT2D eigenvalue weighted by Gasteiger charge is 2.21. The Labute approximate surface area is 127 Å². The quantitative estimate of drug-likeness (QED) is 0.728. The minimum atomic E-state index is -0.354. The van der Waals surface area contributed by atoms with Gasteiger partial charge >= 0.3 is 0 Å². The third-order valence-corrected chi connectivity index (χ3v) is 3.71. The average Bonchev–Trinajstić information content (AvgIpc) is 2.86. The van der Waals surface area contributed by atoms with Crippen LogP contribution in [0.1, 0.15) is 22.8 Å². The summed E-state index contributed by atoms with van der Waals surface area (Å²) in [5.41, 5.74) is 3.99. The van der Waals surface area contributed by atoms with Crippen molar-refractivity contribution >= 4 is 5.78 Å². The maximum atomic E-state index is 14.1. The molecule has 1 N–H and O–H groups in total. The van der Waals surface area contributed by atoms with E-state index in [0.29, 0.717) is 16.8 Å². The van der Waals surface area contributed by atoms with Gasteiger partial charge in [-0.1, -0.05) is 12.1 Å². The minimum Gasteiger partial charge on any atom is -0.354 e. The van der Waals surface area contributed by atoms with Crippen molar-refractivity contribution in [1.29, 1.82) is 0 Å². The maximum absolute atomic E-state index is 14.1. The molecule has 0 aliphatic carbocycles. The first-order chi connectivity index (χ1) is 10.6. The van der Waals surface area contributed by atoms with Crippen LogP contribution in [0.2, 0.25) is 0 Å². The van der Waals surface area contributed by atoms with Crippen molar-refractivity contribution in [2.24, 2.45) is 0 Å². The van der Waals surface area contributed by atoms with Crippen LogP contribution in [-0.2, 0) is 0 Å². The monoisotopic (exact) mass is 294 g/mol. The van der Waals surface area contributed by atoms with Crippen LogP contribution < -0.4 is 0 Å². The first-order valence-corrected chi connectivity index (χ1v) is 6.98. The van der Waals surface area contributed by atoms with Gasteiger partial charge in [-0.15, -0.1) is 0 Å². The second-order valence-electron chi connectivity index (χ2n) is 5.15. The fourth-order valence-electron chi connectivity index (χ4n) is 2.71. The minimum absolute atomic E-state index is 0.0905. The van der Waals surface area contributed by atoms with E-state index in [9.17, 15) is 9.18 Å². The molecule has 110 valence electrons. The zero-order chi connectivity index (χ0) is 15.7. The Balaban J connectivity index is 2.28. The van der Waals surface area contributed by atoms with Crippen molar-refractivity contribution in [3.05, 3.63) is 65.7 Å². The molecule has 2 heterocycles. The van der Waals surface area contributed by atoms with E-state index in [4.69, 9.17) is 0 Å². The Bertz CT molecular complexity index is 838. The second-order valence-corrected chi connectivity index (χ2v) is 5.15. The lowest BCUT2D eigenvalue weighted by Gasteiger charge is -2.03. The molecule has 0 aliphatic heterocycles. The zero-order valence-electron chi connectivity index (χ0n) is 12.4. The number of carbonyl (C=O) groups is 1. The molecule has 4 heteroatoms. The molecule has 3 rings (SSSR count). The van der Waals surface area contributed by atoms with Crippen LogP contribution in [0.4, 0.5) is 4.39 Å². The third kappa shape index (κ3) is 2.33. The van der Waals surface area contributed by atoms with Gasteiger partial charge in [0.1, 0.15) is 5.82 Å². The van der Waals surface area contributed by atoms with Crippen molar-refractivity contribution in [1.82, 2.24) is 9.97 Å². The molecule has 1 aromatic carbocycles. The molecule has 3 aromatic rings. The van der Waals surface area contributed by atoms with Crippen molar-refractivity contribution in [3.63, 3.8) is 0 Å². The van der Waals surface area contributed by atoms with E-state index >= 15 is 0 Å². The Morgan fingerprint density at radius 2 is 1.77 bits per heavy atom. The van der Waals surface area contributed by atoms with Crippen LogP contribution in [0, 0.1) is 12.7 Å². The van der Waals surface area contributed by atoms with Gasteiger partial charge in [-0.3, -0.25) is 9.78 Å². The van der Waals surface area contributed by atoms with Gasteiger partial charge in [0, 0.05) is 34.8 Å². The lowest BCUT2D eigenvalue weighted by molar-refractivity contribution is 0.101. The summed E-state index contributed by atoms with van der Waals surface area (Å²) in [6.07, 6.45) is 3.37. The molecule has 0 fully saturated rings. The Morgan fingerprint density at radius 3 is 2.41 bits per heavy atom. The van der Waals surface area contributed by atoms with E-state index in [1.807, 2.05) is 19.1 Å². The topological polar surface area (TPSA) is 45.8 Å². The van der Waals surface area contributed by atoms with Crippen LogP contribution >= 0.6 is 0 Å². The van der Waals surface area contributed by atoms with E-state index in [0.717, 1.165) is 16.8 Å². The molecule has 0 unspecified atom stereocenters. The van der Waals surface area contributed by atoms with Gasteiger partial charge in [0.2, 0.25) is 0 Å². The standard InChI is InChI=1S/C18H15FN2O/c1-11-16(12(2)22)18(14-5-3-4-6-15(14)19)21-17(11)13-7-9-20-10-8-13/h3-10,21H,1-2H3. The number of nitrogens with one attached hydrogen (secondary N) is 1. The number of aromatic nitrogens is 2. The van der Waals surface area contributed by atoms with Crippen LogP contribution in [-0.4, -0.2) is 15.8 Å². The summed E-state index contributed by atoms with van der Waals surface area (Å²) in [5.74, 6) is -0.445. The molecule has 0 amide bonds. The highest BCUT2D eigenvalue weighted by atomic mass is 19.1. The van der Waals surface area contributed by atoms with Gasteiger partial charge < -0.3 is 4.98 Å². The highest BCUT2D eigenvalue weighted by Crippen LogP contribution is 2.34. The summed E-state index contributed by atoms with van der Waals surface area (Å²) < 4.78 is 14.1. The number of benzene rings is 1. The van der Waals surface area contributed by atoms with E-state index < -0.39 is 0 Å². The number of rotatable bonds is 3. The average molecular weight is 294 g/mol. The zero-order valence-corrected chi connectivity index (χ0v) is 12.4. The van der Waals surface area contributed by atoms with Crippen molar-refractivity contribution in [2.75, 3.05) is 0 Å². The molecular weight excluding hydrogens is 279 g/mol. The van der Waals surface area contributed by atoms with Gasteiger partial charge in [0.05, 0.1) is 5.69 Å². The number of aromatic amines is 1. The molecule has 0 aliphatic rings. The van der Waals surface area contributed by atoms with Gasteiger partial charge in [0.15, 0.2) is 5.78 Å². The number of Topliss-reactive ketones (excluding diaryl/α,β-unsaturated/α-hetero) is 1. The molecule has 3 nitrogen and oxygen atoms in total. The molecule has 0 bridgehead atoms. The fraction of sp³-hybridized carbons (Fsp3) is 0.111. The summed E-state index contributed by atoms with van der Waals surface area (Å²) in [7, 11) is 0. The number of pyridine rings is 1. The third-order valence-electron chi connectivity index (χ3n) is 3.71. The number of H-pyrrole nitrogens is 1. The number of nitrogens with zero attached hydrogens (tertiary/aromatic N) is 1.